The number of aromatic nitrogens is 4. The van der Waals surface area contributed by atoms with Crippen molar-refractivity contribution in [3.05, 3.63) is 59.2 Å². The lowest BCUT2D eigenvalue weighted by molar-refractivity contribution is 0.126. The minimum absolute atomic E-state index is 0.223. The average molecular weight is 370 g/mol. The topological polar surface area (TPSA) is 73.1 Å². The van der Waals surface area contributed by atoms with Crippen LogP contribution in [-0.2, 0) is 0 Å². The van der Waals surface area contributed by atoms with Crippen LogP contribution in [0.25, 0.3) is 5.69 Å². The van der Waals surface area contributed by atoms with Crippen LogP contribution in [0, 0.1) is 20.8 Å². The molecule has 1 heterocycles. The minimum Gasteiger partial charge on any atom is -0.491 e. The molecule has 0 saturated heterocycles. The number of hydrogen-bond donors (Lipinski definition) is 1. The molecule has 3 aromatic rings. The number of benzene rings is 2. The summed E-state index contributed by atoms with van der Waals surface area (Å²) in [4.78, 5) is 0. The Morgan fingerprint density at radius 2 is 1.81 bits per heavy atom. The fourth-order valence-electron chi connectivity index (χ4n) is 2.41. The van der Waals surface area contributed by atoms with Gasteiger partial charge in [0.2, 0.25) is 5.16 Å². The fraction of sp³-hybridized carbons (Fsp3) is 0.316. The Hall–Kier alpha value is -2.38. The van der Waals surface area contributed by atoms with E-state index in [1.54, 1.807) is 4.68 Å². The third-order valence-corrected chi connectivity index (χ3v) is 4.97. The molecule has 26 heavy (non-hydrogen) atoms. The number of hydrogen-bond acceptors (Lipinski definition) is 6. The van der Waals surface area contributed by atoms with Gasteiger partial charge >= 0.3 is 0 Å². The van der Waals surface area contributed by atoms with Crippen molar-refractivity contribution in [2.24, 2.45) is 0 Å². The maximum absolute atomic E-state index is 10.2. The van der Waals surface area contributed by atoms with E-state index in [0.29, 0.717) is 10.9 Å². The molecule has 0 aliphatic rings. The van der Waals surface area contributed by atoms with E-state index < -0.39 is 6.10 Å². The summed E-state index contributed by atoms with van der Waals surface area (Å²) in [5, 5.41) is 22.8. The Kier molecular flexibility index (Phi) is 5.90. The number of ether oxygens (including phenoxy) is 1. The van der Waals surface area contributed by atoms with Gasteiger partial charge in [0.25, 0.3) is 0 Å². The normalized spacial score (nSPS) is 12.2. The Balaban J connectivity index is 1.59. The molecule has 0 spiro atoms. The van der Waals surface area contributed by atoms with Crippen LogP contribution in [-0.4, -0.2) is 43.8 Å². The van der Waals surface area contributed by atoms with Gasteiger partial charge in [-0.1, -0.05) is 41.6 Å². The molecule has 1 atom stereocenters. The molecule has 0 amide bonds. The summed E-state index contributed by atoms with van der Waals surface area (Å²) < 4.78 is 7.33. The zero-order valence-corrected chi connectivity index (χ0v) is 15.9. The van der Waals surface area contributed by atoms with Gasteiger partial charge < -0.3 is 9.84 Å². The van der Waals surface area contributed by atoms with Gasteiger partial charge in [0.05, 0.1) is 11.8 Å². The first-order valence-corrected chi connectivity index (χ1v) is 9.38. The highest BCUT2D eigenvalue weighted by Gasteiger charge is 2.14. The summed E-state index contributed by atoms with van der Waals surface area (Å²) in [6.45, 7) is 6.30. The van der Waals surface area contributed by atoms with E-state index in [2.05, 4.69) is 21.6 Å². The number of aryl methyl sites for hydroxylation is 3. The Morgan fingerprint density at radius 3 is 2.58 bits per heavy atom. The number of tetrazole rings is 1. The highest BCUT2D eigenvalue weighted by molar-refractivity contribution is 7.99. The van der Waals surface area contributed by atoms with Gasteiger partial charge in [0.15, 0.2) is 0 Å². The molecule has 136 valence electrons. The third kappa shape index (κ3) is 4.62. The first-order valence-electron chi connectivity index (χ1n) is 8.39. The number of thioether (sulfide) groups is 1. The molecule has 1 N–H and O–H groups in total. The molecule has 0 aliphatic carbocycles. The van der Waals surface area contributed by atoms with Gasteiger partial charge in [-0.3, -0.25) is 0 Å². The number of aliphatic hydroxyl groups is 1. The van der Waals surface area contributed by atoms with Crippen LogP contribution in [0.15, 0.2) is 47.6 Å². The van der Waals surface area contributed by atoms with Crippen LogP contribution in [0.5, 0.6) is 5.75 Å². The van der Waals surface area contributed by atoms with E-state index in [-0.39, 0.29) is 6.61 Å². The van der Waals surface area contributed by atoms with Gasteiger partial charge in [0.1, 0.15) is 12.4 Å². The average Bonchev–Trinajstić information content (AvgIpc) is 3.10. The number of rotatable bonds is 7. The predicted octanol–water partition coefficient (Wildman–Crippen LogP) is 3.12. The van der Waals surface area contributed by atoms with Crippen molar-refractivity contribution < 1.29 is 9.84 Å². The lowest BCUT2D eigenvalue weighted by Gasteiger charge is -2.12. The largest absolute Gasteiger partial charge is 0.491 e. The van der Waals surface area contributed by atoms with Gasteiger partial charge in [0, 0.05) is 5.75 Å². The van der Waals surface area contributed by atoms with Crippen LogP contribution in [0.1, 0.15) is 16.7 Å². The highest BCUT2D eigenvalue weighted by atomic mass is 32.2. The Morgan fingerprint density at radius 1 is 1.08 bits per heavy atom. The number of nitrogens with zero attached hydrogens (tertiary/aromatic N) is 4. The van der Waals surface area contributed by atoms with E-state index in [9.17, 15) is 5.11 Å². The van der Waals surface area contributed by atoms with Crippen molar-refractivity contribution >= 4 is 11.8 Å². The summed E-state index contributed by atoms with van der Waals surface area (Å²) in [5.74, 6) is 1.19. The quantitative estimate of drug-likeness (QED) is 0.644. The maximum atomic E-state index is 10.2. The molecule has 1 aromatic heterocycles. The summed E-state index contributed by atoms with van der Waals surface area (Å²) in [5.41, 5.74) is 4.35. The maximum Gasteiger partial charge on any atom is 0.214 e. The SMILES string of the molecule is Cc1ccc(OC[C@@H](O)CSc2nnnn2-c2cc(C)ccc2C)cc1. The smallest absolute Gasteiger partial charge is 0.214 e. The molecular formula is C19H22N4O2S. The molecule has 0 radical (unpaired) electrons. The van der Waals surface area contributed by atoms with Crippen molar-refractivity contribution in [1.29, 1.82) is 0 Å². The van der Waals surface area contributed by atoms with E-state index in [1.165, 1.54) is 17.3 Å². The van der Waals surface area contributed by atoms with E-state index >= 15 is 0 Å². The lowest BCUT2D eigenvalue weighted by atomic mass is 10.1. The Bertz CT molecular complexity index is 864. The molecule has 6 nitrogen and oxygen atoms in total. The second-order valence-electron chi connectivity index (χ2n) is 6.25. The second kappa shape index (κ2) is 8.33. The van der Waals surface area contributed by atoms with Gasteiger partial charge in [-0.15, -0.1) is 5.10 Å². The van der Waals surface area contributed by atoms with Crippen molar-refractivity contribution in [3.8, 4) is 11.4 Å². The fourth-order valence-corrected chi connectivity index (χ4v) is 3.20. The van der Waals surface area contributed by atoms with Crippen LogP contribution in [0.4, 0.5) is 0 Å². The molecule has 0 unspecified atom stereocenters. The standard InChI is InChI=1S/C19H22N4O2S/c1-13-5-8-17(9-6-13)25-11-16(24)12-26-19-20-21-22-23(19)18-10-14(2)4-7-15(18)3/h4-10,16,24H,11-12H2,1-3H3/t16-/m1/s1. The van der Waals surface area contributed by atoms with Gasteiger partial charge in [-0.25, -0.2) is 0 Å². The Labute approximate surface area is 157 Å². The molecule has 0 aliphatic heterocycles. The van der Waals surface area contributed by atoms with Crippen LogP contribution in [0.3, 0.4) is 0 Å². The van der Waals surface area contributed by atoms with E-state index in [4.69, 9.17) is 4.74 Å². The first-order chi connectivity index (χ1) is 12.5. The van der Waals surface area contributed by atoms with Crippen molar-refractivity contribution in [2.45, 2.75) is 32.0 Å². The van der Waals surface area contributed by atoms with E-state index in [1.807, 2.05) is 57.2 Å². The van der Waals surface area contributed by atoms with Crippen molar-refractivity contribution in [3.63, 3.8) is 0 Å². The van der Waals surface area contributed by atoms with Gasteiger partial charge in [-0.2, -0.15) is 4.68 Å². The van der Waals surface area contributed by atoms with Crippen LogP contribution in [0.2, 0.25) is 0 Å². The van der Waals surface area contributed by atoms with E-state index in [0.717, 1.165) is 22.6 Å². The summed E-state index contributed by atoms with van der Waals surface area (Å²) in [7, 11) is 0. The van der Waals surface area contributed by atoms with Crippen molar-refractivity contribution in [2.75, 3.05) is 12.4 Å². The molecule has 0 fully saturated rings. The van der Waals surface area contributed by atoms with Crippen molar-refractivity contribution in [1.82, 2.24) is 20.2 Å². The van der Waals surface area contributed by atoms with Gasteiger partial charge in [-0.05, 0) is 60.5 Å². The van der Waals surface area contributed by atoms with Crippen LogP contribution < -0.4 is 4.74 Å². The first kappa shape index (κ1) is 18.4. The summed E-state index contributed by atoms with van der Waals surface area (Å²) in [6, 6.07) is 13.9. The second-order valence-corrected chi connectivity index (χ2v) is 7.24. The monoisotopic (exact) mass is 370 g/mol. The third-order valence-electron chi connectivity index (χ3n) is 3.90. The highest BCUT2D eigenvalue weighted by Crippen LogP contribution is 2.22. The molecule has 3 rings (SSSR count). The zero-order valence-electron chi connectivity index (χ0n) is 15.1. The predicted molar refractivity (Wildman–Crippen MR) is 102 cm³/mol. The summed E-state index contributed by atoms with van der Waals surface area (Å²) >= 11 is 1.41. The zero-order chi connectivity index (χ0) is 18.5. The molecule has 2 aromatic carbocycles. The minimum atomic E-state index is -0.620. The molecular weight excluding hydrogens is 348 g/mol. The molecule has 0 saturated carbocycles. The van der Waals surface area contributed by atoms with Crippen LogP contribution >= 0.6 is 11.8 Å². The lowest BCUT2D eigenvalue weighted by Crippen LogP contribution is -2.20. The molecule has 0 bridgehead atoms. The number of aliphatic hydroxyl groups excluding tert-OH is 1. The summed E-state index contributed by atoms with van der Waals surface area (Å²) in [6.07, 6.45) is -0.620. The molecule has 7 heteroatoms.